The number of nitro benzene ring substituents is 1. The average molecular weight is 344 g/mol. The van der Waals surface area contributed by atoms with Crippen molar-refractivity contribution < 1.29 is 9.66 Å². The molecule has 0 bridgehead atoms. The highest BCUT2D eigenvalue weighted by molar-refractivity contribution is 9.10. The zero-order chi connectivity index (χ0) is 14.5. The van der Waals surface area contributed by atoms with Crippen LogP contribution in [0.2, 0.25) is 0 Å². The van der Waals surface area contributed by atoms with Crippen LogP contribution in [0.3, 0.4) is 0 Å². The molecule has 0 atom stereocenters. The van der Waals surface area contributed by atoms with Crippen molar-refractivity contribution in [2.45, 2.75) is 0 Å². The highest BCUT2D eigenvalue weighted by atomic mass is 79.9. The molecule has 1 aromatic carbocycles. The van der Waals surface area contributed by atoms with E-state index in [1.165, 1.54) is 6.07 Å². The van der Waals surface area contributed by atoms with E-state index in [9.17, 15) is 10.1 Å². The van der Waals surface area contributed by atoms with Gasteiger partial charge in [0.05, 0.1) is 4.92 Å². The quantitative estimate of drug-likeness (QED) is 0.604. The number of nitrogens with zero attached hydrogens (tertiary/aromatic N) is 3. The van der Waals surface area contributed by atoms with Crippen LogP contribution in [0.5, 0.6) is 5.75 Å². The highest BCUT2D eigenvalue weighted by Crippen LogP contribution is 2.29. The smallest absolute Gasteiger partial charge is 0.312 e. The molecule has 1 aromatic rings. The second kappa shape index (κ2) is 7.01. The summed E-state index contributed by atoms with van der Waals surface area (Å²) >= 11 is 3.23. The predicted molar refractivity (Wildman–Crippen MR) is 80.2 cm³/mol. The maximum Gasteiger partial charge on any atom is 0.312 e. The third kappa shape index (κ3) is 4.16. The molecule has 7 heteroatoms. The van der Waals surface area contributed by atoms with Crippen molar-refractivity contribution in [3.8, 4) is 5.75 Å². The monoisotopic (exact) mass is 343 g/mol. The summed E-state index contributed by atoms with van der Waals surface area (Å²) in [7, 11) is 2.11. The summed E-state index contributed by atoms with van der Waals surface area (Å²) in [5.41, 5.74) is -0.00208. The molecule has 0 aliphatic carbocycles. The normalized spacial score (nSPS) is 17.1. The highest BCUT2D eigenvalue weighted by Gasteiger charge is 2.17. The van der Waals surface area contributed by atoms with Crippen LogP contribution in [0, 0.1) is 10.1 Å². The molecule has 1 fully saturated rings. The predicted octanol–water partition coefficient (Wildman–Crippen LogP) is 1.98. The van der Waals surface area contributed by atoms with Gasteiger partial charge in [-0.25, -0.2) is 0 Å². The molecule has 20 heavy (non-hydrogen) atoms. The first-order valence-corrected chi connectivity index (χ1v) is 7.33. The van der Waals surface area contributed by atoms with Gasteiger partial charge in [0.1, 0.15) is 6.61 Å². The van der Waals surface area contributed by atoms with Crippen LogP contribution < -0.4 is 4.74 Å². The Morgan fingerprint density at radius 1 is 1.35 bits per heavy atom. The Balaban J connectivity index is 1.86. The molecular formula is C13H18BrN3O3. The Morgan fingerprint density at radius 2 is 2.05 bits per heavy atom. The Kier molecular flexibility index (Phi) is 5.33. The Bertz CT molecular complexity index is 476. The molecular weight excluding hydrogens is 326 g/mol. The van der Waals surface area contributed by atoms with Crippen LogP contribution in [0.15, 0.2) is 22.7 Å². The number of hydrogen-bond acceptors (Lipinski definition) is 5. The van der Waals surface area contributed by atoms with Gasteiger partial charge in [0.15, 0.2) is 5.75 Å². The number of ether oxygens (including phenoxy) is 1. The summed E-state index contributed by atoms with van der Waals surface area (Å²) in [5, 5.41) is 11.0. The topological polar surface area (TPSA) is 58.8 Å². The zero-order valence-corrected chi connectivity index (χ0v) is 13.0. The van der Waals surface area contributed by atoms with Gasteiger partial charge >= 0.3 is 5.69 Å². The van der Waals surface area contributed by atoms with Gasteiger partial charge < -0.3 is 9.64 Å². The number of rotatable bonds is 5. The fourth-order valence-corrected chi connectivity index (χ4v) is 2.46. The molecule has 0 radical (unpaired) electrons. The molecule has 0 spiro atoms. The molecule has 0 N–H and O–H groups in total. The van der Waals surface area contributed by atoms with Gasteiger partial charge in [-0.15, -0.1) is 0 Å². The van der Waals surface area contributed by atoms with Gasteiger partial charge in [-0.3, -0.25) is 15.0 Å². The molecule has 0 saturated carbocycles. The van der Waals surface area contributed by atoms with E-state index in [1.807, 2.05) is 0 Å². The van der Waals surface area contributed by atoms with Crippen molar-refractivity contribution in [1.82, 2.24) is 9.80 Å². The van der Waals surface area contributed by atoms with Crippen molar-refractivity contribution in [1.29, 1.82) is 0 Å². The van der Waals surface area contributed by atoms with Gasteiger partial charge in [0.2, 0.25) is 0 Å². The minimum Gasteiger partial charge on any atom is -0.485 e. The summed E-state index contributed by atoms with van der Waals surface area (Å²) in [6.45, 7) is 5.40. The Hall–Kier alpha value is -1.18. The van der Waals surface area contributed by atoms with Crippen molar-refractivity contribution in [2.75, 3.05) is 46.4 Å². The van der Waals surface area contributed by atoms with Crippen LogP contribution in [-0.2, 0) is 0 Å². The second-order valence-electron chi connectivity index (χ2n) is 4.86. The number of hydrogen-bond donors (Lipinski definition) is 0. The second-order valence-corrected chi connectivity index (χ2v) is 5.78. The van der Waals surface area contributed by atoms with Crippen LogP contribution >= 0.6 is 15.9 Å². The number of halogens is 1. The van der Waals surface area contributed by atoms with E-state index in [-0.39, 0.29) is 5.69 Å². The summed E-state index contributed by atoms with van der Waals surface area (Å²) < 4.78 is 6.24. The maximum absolute atomic E-state index is 11.0. The largest absolute Gasteiger partial charge is 0.485 e. The van der Waals surface area contributed by atoms with Gasteiger partial charge in [-0.1, -0.05) is 15.9 Å². The standard InChI is InChI=1S/C13H18BrN3O3/c1-15-4-6-16(7-5-15)8-9-20-13-3-2-11(14)10-12(13)17(18)19/h2-3,10H,4-9H2,1H3. The van der Waals surface area contributed by atoms with Crippen LogP contribution in [-0.4, -0.2) is 61.1 Å². The number of benzene rings is 1. The van der Waals surface area contributed by atoms with Gasteiger partial charge in [-0.05, 0) is 19.2 Å². The first kappa shape index (κ1) is 15.2. The molecule has 110 valence electrons. The maximum atomic E-state index is 11.0. The fraction of sp³-hybridized carbons (Fsp3) is 0.538. The van der Waals surface area contributed by atoms with Crippen molar-refractivity contribution >= 4 is 21.6 Å². The number of piperazine rings is 1. The molecule has 1 saturated heterocycles. The summed E-state index contributed by atoms with van der Waals surface area (Å²) in [4.78, 5) is 15.1. The Morgan fingerprint density at radius 3 is 2.70 bits per heavy atom. The molecule has 1 heterocycles. The van der Waals surface area contributed by atoms with Crippen molar-refractivity contribution in [2.24, 2.45) is 0 Å². The third-order valence-electron chi connectivity index (χ3n) is 3.38. The van der Waals surface area contributed by atoms with Gasteiger partial charge in [-0.2, -0.15) is 0 Å². The van der Waals surface area contributed by atoms with Gasteiger partial charge in [0, 0.05) is 43.3 Å². The van der Waals surface area contributed by atoms with E-state index in [2.05, 4.69) is 32.8 Å². The van der Waals surface area contributed by atoms with E-state index < -0.39 is 4.92 Å². The van der Waals surface area contributed by atoms with Crippen LogP contribution in [0.4, 0.5) is 5.69 Å². The van der Waals surface area contributed by atoms with Crippen molar-refractivity contribution in [3.63, 3.8) is 0 Å². The number of nitro groups is 1. The summed E-state index contributed by atoms with van der Waals surface area (Å²) in [6, 6.07) is 4.84. The van der Waals surface area contributed by atoms with E-state index in [0.717, 1.165) is 32.7 Å². The fourth-order valence-electron chi connectivity index (χ4n) is 2.11. The zero-order valence-electron chi connectivity index (χ0n) is 11.4. The minimum atomic E-state index is -0.421. The lowest BCUT2D eigenvalue weighted by Gasteiger charge is -2.32. The van der Waals surface area contributed by atoms with Crippen LogP contribution in [0.1, 0.15) is 0 Å². The molecule has 6 nitrogen and oxygen atoms in total. The Labute approximate surface area is 126 Å². The van der Waals surface area contributed by atoms with E-state index in [0.29, 0.717) is 16.8 Å². The van der Waals surface area contributed by atoms with E-state index in [4.69, 9.17) is 4.74 Å². The first-order chi connectivity index (χ1) is 9.56. The first-order valence-electron chi connectivity index (χ1n) is 6.54. The third-order valence-corrected chi connectivity index (χ3v) is 3.87. The number of likely N-dealkylation sites (N-methyl/N-ethyl adjacent to an activating group) is 1. The lowest BCUT2D eigenvalue weighted by molar-refractivity contribution is -0.385. The van der Waals surface area contributed by atoms with E-state index >= 15 is 0 Å². The van der Waals surface area contributed by atoms with Gasteiger partial charge in [0.25, 0.3) is 0 Å². The molecule has 1 aliphatic rings. The molecule has 0 amide bonds. The van der Waals surface area contributed by atoms with Crippen LogP contribution in [0.25, 0.3) is 0 Å². The molecule has 2 rings (SSSR count). The molecule has 1 aliphatic heterocycles. The SMILES string of the molecule is CN1CCN(CCOc2ccc(Br)cc2[N+](=O)[O-])CC1. The average Bonchev–Trinajstić information content (AvgIpc) is 2.42. The lowest BCUT2D eigenvalue weighted by Crippen LogP contribution is -2.45. The van der Waals surface area contributed by atoms with Crippen molar-refractivity contribution in [3.05, 3.63) is 32.8 Å². The minimum absolute atomic E-state index is 0.00208. The molecule has 0 aromatic heterocycles. The molecule has 0 unspecified atom stereocenters. The van der Waals surface area contributed by atoms with E-state index in [1.54, 1.807) is 12.1 Å². The summed E-state index contributed by atoms with van der Waals surface area (Å²) in [6.07, 6.45) is 0. The summed E-state index contributed by atoms with van der Waals surface area (Å²) in [5.74, 6) is 0.326. The lowest BCUT2D eigenvalue weighted by atomic mass is 10.3.